The first-order valence-corrected chi connectivity index (χ1v) is 11.1. The molecule has 2 saturated carbocycles. The van der Waals surface area contributed by atoms with Crippen molar-refractivity contribution in [2.75, 3.05) is 5.32 Å². The topological polar surface area (TPSA) is 88.2 Å². The highest BCUT2D eigenvalue weighted by atomic mass is 19.2. The summed E-state index contributed by atoms with van der Waals surface area (Å²) in [5.41, 5.74) is 8.45. The van der Waals surface area contributed by atoms with Gasteiger partial charge in [0, 0.05) is 35.1 Å². The van der Waals surface area contributed by atoms with Crippen molar-refractivity contribution in [1.82, 2.24) is 4.98 Å². The van der Waals surface area contributed by atoms with Crippen LogP contribution >= 0.6 is 0 Å². The maximum Gasteiger partial charge on any atom is 0.200 e. The summed E-state index contributed by atoms with van der Waals surface area (Å²) in [5.74, 6) is -3.03. The molecule has 166 valence electrons. The number of carbonyl (C=O) groups is 1. The van der Waals surface area contributed by atoms with E-state index in [9.17, 15) is 18.7 Å². The first-order valence-electron chi connectivity index (χ1n) is 11.1. The van der Waals surface area contributed by atoms with Crippen LogP contribution in [0.5, 0.6) is 5.75 Å². The van der Waals surface area contributed by atoms with Crippen LogP contribution in [0.4, 0.5) is 14.5 Å². The maximum atomic E-state index is 14.5. The Morgan fingerprint density at radius 1 is 1.03 bits per heavy atom. The van der Waals surface area contributed by atoms with E-state index in [0.29, 0.717) is 27.7 Å². The van der Waals surface area contributed by atoms with Gasteiger partial charge in [0.1, 0.15) is 0 Å². The Morgan fingerprint density at radius 2 is 1.78 bits per heavy atom. The van der Waals surface area contributed by atoms with Crippen LogP contribution in [0.3, 0.4) is 0 Å². The smallest absolute Gasteiger partial charge is 0.200 e. The van der Waals surface area contributed by atoms with Gasteiger partial charge in [-0.25, -0.2) is 4.39 Å². The highest BCUT2D eigenvalue weighted by Crippen LogP contribution is 2.39. The fourth-order valence-electron chi connectivity index (χ4n) is 4.50. The summed E-state index contributed by atoms with van der Waals surface area (Å²) in [6.45, 7) is 0. The number of carbonyl (C=O) groups excluding carboxylic acids is 1. The lowest BCUT2D eigenvalue weighted by atomic mass is 9.91. The quantitative estimate of drug-likeness (QED) is 0.480. The van der Waals surface area contributed by atoms with E-state index >= 15 is 0 Å². The number of Topliss-reactive ketones (excluding diaryl/α,β-unsaturated/α-hetero) is 1. The summed E-state index contributed by atoms with van der Waals surface area (Å²) < 4.78 is 28.5. The average molecular weight is 437 g/mol. The Morgan fingerprint density at radius 3 is 2.50 bits per heavy atom. The van der Waals surface area contributed by atoms with E-state index in [4.69, 9.17) is 5.73 Å². The molecule has 2 fully saturated rings. The van der Waals surface area contributed by atoms with Gasteiger partial charge in [-0.3, -0.25) is 9.78 Å². The highest BCUT2D eigenvalue weighted by Gasteiger charge is 2.33. The molecule has 5 rings (SSSR count). The van der Waals surface area contributed by atoms with Crippen LogP contribution in [0.2, 0.25) is 0 Å². The molecule has 2 aliphatic rings. The summed E-state index contributed by atoms with van der Waals surface area (Å²) in [5, 5.41) is 13.7. The number of nitrogens with two attached hydrogens (primary N) is 1. The predicted octanol–water partition coefficient (Wildman–Crippen LogP) is 5.16. The minimum atomic E-state index is -1.28. The Bertz CT molecular complexity index is 1200. The lowest BCUT2D eigenvalue weighted by Gasteiger charge is -2.29. The number of aromatic nitrogens is 1. The van der Waals surface area contributed by atoms with Crippen LogP contribution in [0, 0.1) is 17.6 Å². The molecular formula is C25H25F2N3O2. The number of phenolic OH excluding ortho intramolecular Hbond substituents is 1. The average Bonchev–Trinajstić information content (AvgIpc) is 3.64. The van der Waals surface area contributed by atoms with Crippen molar-refractivity contribution in [2.24, 2.45) is 11.7 Å². The summed E-state index contributed by atoms with van der Waals surface area (Å²) in [6.07, 6.45) is 7.02. The molecule has 3 aromatic rings. The minimum Gasteiger partial charge on any atom is -0.505 e. The van der Waals surface area contributed by atoms with Gasteiger partial charge in [-0.1, -0.05) is 6.07 Å². The largest absolute Gasteiger partial charge is 0.505 e. The molecule has 0 unspecified atom stereocenters. The molecular weight excluding hydrogens is 412 g/mol. The van der Waals surface area contributed by atoms with Crippen molar-refractivity contribution >= 4 is 22.4 Å². The van der Waals surface area contributed by atoms with Crippen LogP contribution in [0.1, 0.15) is 48.9 Å². The predicted molar refractivity (Wildman–Crippen MR) is 120 cm³/mol. The minimum absolute atomic E-state index is 0.0291. The number of pyridine rings is 1. The van der Waals surface area contributed by atoms with E-state index in [1.165, 1.54) is 6.07 Å². The van der Waals surface area contributed by atoms with E-state index in [2.05, 4.69) is 10.3 Å². The molecule has 0 atom stereocenters. The van der Waals surface area contributed by atoms with Crippen molar-refractivity contribution in [3.8, 4) is 16.9 Å². The first kappa shape index (κ1) is 20.8. The molecule has 5 nitrogen and oxygen atoms in total. The summed E-state index contributed by atoms with van der Waals surface area (Å²) >= 11 is 0. The highest BCUT2D eigenvalue weighted by molar-refractivity contribution is 6.10. The second kappa shape index (κ2) is 8.13. The number of hydrogen-bond donors (Lipinski definition) is 3. The monoisotopic (exact) mass is 437 g/mol. The molecule has 0 spiro atoms. The van der Waals surface area contributed by atoms with Crippen LogP contribution in [-0.4, -0.2) is 28.0 Å². The van der Waals surface area contributed by atoms with Crippen LogP contribution in [-0.2, 0) is 0 Å². The molecule has 4 N–H and O–H groups in total. The van der Waals surface area contributed by atoms with Crippen LogP contribution in [0.25, 0.3) is 22.0 Å². The van der Waals surface area contributed by atoms with Gasteiger partial charge in [-0.15, -0.1) is 0 Å². The maximum absolute atomic E-state index is 14.5. The van der Waals surface area contributed by atoms with Crippen molar-refractivity contribution in [2.45, 2.75) is 50.6 Å². The molecule has 0 saturated heterocycles. The molecule has 32 heavy (non-hydrogen) atoms. The Hall–Kier alpha value is -3.06. The van der Waals surface area contributed by atoms with Gasteiger partial charge >= 0.3 is 0 Å². The molecule has 0 aliphatic heterocycles. The van der Waals surface area contributed by atoms with Gasteiger partial charge in [0.15, 0.2) is 17.3 Å². The number of hydrogen-bond acceptors (Lipinski definition) is 5. The number of nitrogens with one attached hydrogen (secondary N) is 1. The molecule has 7 heteroatoms. The summed E-state index contributed by atoms with van der Waals surface area (Å²) in [4.78, 5) is 17.5. The number of anilines is 1. The molecule has 1 heterocycles. The third-order valence-corrected chi connectivity index (χ3v) is 6.57. The second-order valence-electron chi connectivity index (χ2n) is 8.93. The standard InChI is InChI=1S/C25H25F2N3O2/c26-22-17(8-10-21(31)23(22)27)14-3-9-20-18(11-14)24(30-16-6-4-15(28)5-7-16)19(12-29-20)25(32)13-1-2-13/h3,8-13,15-16,31H,1-2,4-7,28H2,(H,29,30). The fraction of sp³-hybridized carbons (Fsp3) is 0.360. The zero-order chi connectivity index (χ0) is 22.4. The van der Waals surface area contributed by atoms with Gasteiger partial charge in [0.2, 0.25) is 5.82 Å². The van der Waals surface area contributed by atoms with Crippen molar-refractivity contribution in [3.05, 3.63) is 53.7 Å². The van der Waals surface area contributed by atoms with E-state index in [1.807, 2.05) is 0 Å². The van der Waals surface area contributed by atoms with Crippen molar-refractivity contribution < 1.29 is 18.7 Å². The van der Waals surface area contributed by atoms with Crippen molar-refractivity contribution in [3.63, 3.8) is 0 Å². The SMILES string of the molecule is NC1CCC(Nc2c(C(=O)C3CC3)cnc3ccc(-c4ccc(O)c(F)c4F)cc23)CC1. The Labute approximate surface area is 184 Å². The Balaban J connectivity index is 1.63. The normalized spacial score (nSPS) is 21.0. The number of rotatable bonds is 5. The number of halogens is 2. The van der Waals surface area contributed by atoms with E-state index < -0.39 is 17.4 Å². The zero-order valence-electron chi connectivity index (χ0n) is 17.6. The van der Waals surface area contributed by atoms with Crippen LogP contribution < -0.4 is 11.1 Å². The molecule has 2 aliphatic carbocycles. The molecule has 0 radical (unpaired) electrons. The second-order valence-corrected chi connectivity index (χ2v) is 8.93. The molecule has 1 aromatic heterocycles. The van der Waals surface area contributed by atoms with Gasteiger partial charge < -0.3 is 16.2 Å². The zero-order valence-corrected chi connectivity index (χ0v) is 17.6. The lowest BCUT2D eigenvalue weighted by molar-refractivity contribution is 0.0968. The third kappa shape index (κ3) is 3.81. The first-order chi connectivity index (χ1) is 15.4. The fourth-order valence-corrected chi connectivity index (χ4v) is 4.50. The number of benzene rings is 2. The van der Waals surface area contributed by atoms with Crippen molar-refractivity contribution in [1.29, 1.82) is 0 Å². The third-order valence-electron chi connectivity index (χ3n) is 6.57. The summed E-state index contributed by atoms with van der Waals surface area (Å²) in [6, 6.07) is 7.99. The van der Waals surface area contributed by atoms with Crippen LogP contribution in [0.15, 0.2) is 36.5 Å². The van der Waals surface area contributed by atoms with Gasteiger partial charge in [0.05, 0.1) is 16.8 Å². The number of aromatic hydroxyl groups is 1. The number of fused-ring (bicyclic) bond motifs is 1. The van der Waals surface area contributed by atoms with E-state index in [1.54, 1.807) is 24.4 Å². The Kier molecular flexibility index (Phi) is 5.29. The van der Waals surface area contributed by atoms with Gasteiger partial charge in [-0.2, -0.15) is 4.39 Å². The number of phenols is 1. The van der Waals surface area contributed by atoms with E-state index in [-0.39, 0.29) is 29.3 Å². The number of nitrogens with zero attached hydrogens (tertiary/aromatic N) is 1. The number of ketones is 1. The summed E-state index contributed by atoms with van der Waals surface area (Å²) in [7, 11) is 0. The molecule has 0 bridgehead atoms. The van der Waals surface area contributed by atoms with E-state index in [0.717, 1.165) is 44.6 Å². The van der Waals surface area contributed by atoms with Gasteiger partial charge in [-0.05, 0) is 68.4 Å². The lowest BCUT2D eigenvalue weighted by Crippen LogP contribution is -2.33. The van der Waals surface area contributed by atoms with Gasteiger partial charge in [0.25, 0.3) is 0 Å². The molecule has 2 aromatic carbocycles. The molecule has 0 amide bonds.